The highest BCUT2D eigenvalue weighted by molar-refractivity contribution is 7.26. The van der Waals surface area contributed by atoms with E-state index in [1.54, 1.807) is 0 Å². The third-order valence-electron chi connectivity index (χ3n) is 9.27. The van der Waals surface area contributed by atoms with Crippen LogP contribution in [-0.2, 0) is 0 Å². The highest BCUT2D eigenvalue weighted by Gasteiger charge is 2.20. The minimum Gasteiger partial charge on any atom is -0.310 e. The molecular formula is C46H31NS. The lowest BCUT2D eigenvalue weighted by Crippen LogP contribution is -2.10. The van der Waals surface area contributed by atoms with Gasteiger partial charge in [0.15, 0.2) is 0 Å². The van der Waals surface area contributed by atoms with Crippen LogP contribution in [0.15, 0.2) is 188 Å². The zero-order chi connectivity index (χ0) is 31.9. The summed E-state index contributed by atoms with van der Waals surface area (Å²) in [7, 11) is 0. The fourth-order valence-electron chi connectivity index (χ4n) is 6.87. The average Bonchev–Trinajstić information content (AvgIpc) is 3.55. The van der Waals surface area contributed by atoms with Crippen LogP contribution in [0.3, 0.4) is 0 Å². The van der Waals surface area contributed by atoms with Crippen LogP contribution in [0.1, 0.15) is 0 Å². The number of hydrogen-bond acceptors (Lipinski definition) is 2. The Hall–Kier alpha value is -5.96. The molecular weight excluding hydrogens is 599 g/mol. The normalized spacial score (nSPS) is 11.3. The van der Waals surface area contributed by atoms with E-state index < -0.39 is 0 Å². The van der Waals surface area contributed by atoms with Gasteiger partial charge in [0, 0.05) is 42.3 Å². The van der Waals surface area contributed by atoms with Gasteiger partial charge in [-0.1, -0.05) is 146 Å². The molecule has 48 heavy (non-hydrogen) atoms. The molecule has 0 amide bonds. The molecule has 226 valence electrons. The number of rotatable bonds is 6. The predicted molar refractivity (Wildman–Crippen MR) is 208 cm³/mol. The molecule has 0 aliphatic heterocycles. The van der Waals surface area contributed by atoms with E-state index in [1.807, 2.05) is 11.3 Å². The van der Waals surface area contributed by atoms with Crippen molar-refractivity contribution in [2.45, 2.75) is 0 Å². The van der Waals surface area contributed by atoms with E-state index in [2.05, 4.69) is 193 Å². The van der Waals surface area contributed by atoms with E-state index in [0.717, 1.165) is 11.4 Å². The molecule has 9 aromatic rings. The monoisotopic (exact) mass is 629 g/mol. The van der Waals surface area contributed by atoms with Crippen molar-refractivity contribution in [3.8, 4) is 33.4 Å². The Labute approximate surface area is 284 Å². The van der Waals surface area contributed by atoms with Crippen molar-refractivity contribution in [1.29, 1.82) is 0 Å². The van der Waals surface area contributed by atoms with Crippen LogP contribution in [0.5, 0.6) is 0 Å². The van der Waals surface area contributed by atoms with Crippen molar-refractivity contribution in [3.05, 3.63) is 188 Å². The fraction of sp³-hybridized carbons (Fsp3) is 0. The number of anilines is 3. The first kappa shape index (κ1) is 28.3. The zero-order valence-corrected chi connectivity index (χ0v) is 27.1. The molecule has 0 saturated heterocycles. The molecule has 0 radical (unpaired) electrons. The van der Waals surface area contributed by atoms with Crippen molar-refractivity contribution in [2.75, 3.05) is 4.90 Å². The molecule has 0 bridgehead atoms. The number of fused-ring (bicyclic) bond motifs is 5. The molecule has 0 N–H and O–H groups in total. The second-order valence-corrected chi connectivity index (χ2v) is 13.2. The molecule has 1 nitrogen and oxygen atoms in total. The number of thiophene rings is 1. The summed E-state index contributed by atoms with van der Waals surface area (Å²) in [4.78, 5) is 2.43. The first-order chi connectivity index (χ1) is 23.8. The lowest BCUT2D eigenvalue weighted by Gasteiger charge is -2.28. The molecule has 9 rings (SSSR count). The van der Waals surface area contributed by atoms with Crippen molar-refractivity contribution in [1.82, 2.24) is 0 Å². The van der Waals surface area contributed by atoms with E-state index in [9.17, 15) is 0 Å². The molecule has 0 aliphatic rings. The maximum Gasteiger partial charge on any atom is 0.0547 e. The topological polar surface area (TPSA) is 3.24 Å². The molecule has 0 saturated carbocycles. The van der Waals surface area contributed by atoms with Gasteiger partial charge in [-0.3, -0.25) is 0 Å². The Morgan fingerprint density at radius 1 is 0.312 bits per heavy atom. The largest absolute Gasteiger partial charge is 0.310 e. The molecule has 8 aromatic carbocycles. The Morgan fingerprint density at radius 3 is 1.31 bits per heavy atom. The first-order valence-electron chi connectivity index (χ1n) is 16.3. The van der Waals surface area contributed by atoms with E-state index >= 15 is 0 Å². The standard InChI is InChI=1S/C46H31NS/c1-4-12-32(13-5-1)35-20-25-38(26-21-35)47(39-27-22-36(23-28-39)33-14-6-2-7-15-33)44-31-43-41-18-10-11-19-45(41)48-46(43)42-30-37(24-29-40(42)44)34-16-8-3-9-17-34/h1-31H. The van der Waals surface area contributed by atoms with Crippen LogP contribution in [0.2, 0.25) is 0 Å². The van der Waals surface area contributed by atoms with E-state index in [4.69, 9.17) is 0 Å². The van der Waals surface area contributed by atoms with Gasteiger partial charge in [-0.25, -0.2) is 0 Å². The van der Waals surface area contributed by atoms with Gasteiger partial charge >= 0.3 is 0 Å². The Morgan fingerprint density at radius 2 is 0.750 bits per heavy atom. The quantitative estimate of drug-likeness (QED) is 0.177. The van der Waals surface area contributed by atoms with Crippen molar-refractivity contribution >= 4 is 59.3 Å². The Bertz CT molecular complexity index is 2430. The first-order valence-corrected chi connectivity index (χ1v) is 17.2. The van der Waals surface area contributed by atoms with Crippen LogP contribution in [-0.4, -0.2) is 0 Å². The van der Waals surface area contributed by atoms with Gasteiger partial charge in [-0.2, -0.15) is 0 Å². The second kappa shape index (κ2) is 12.0. The maximum absolute atomic E-state index is 2.43. The molecule has 0 unspecified atom stereocenters. The van der Waals surface area contributed by atoms with Crippen molar-refractivity contribution < 1.29 is 0 Å². The van der Waals surface area contributed by atoms with Crippen molar-refractivity contribution in [3.63, 3.8) is 0 Å². The molecule has 1 heterocycles. The van der Waals surface area contributed by atoms with Gasteiger partial charge in [-0.05, 0) is 75.8 Å². The lowest BCUT2D eigenvalue weighted by atomic mass is 9.97. The Balaban J connectivity index is 1.29. The van der Waals surface area contributed by atoms with Crippen LogP contribution in [0.4, 0.5) is 17.1 Å². The smallest absolute Gasteiger partial charge is 0.0547 e. The minimum absolute atomic E-state index is 1.12. The average molecular weight is 630 g/mol. The van der Waals surface area contributed by atoms with Crippen LogP contribution in [0.25, 0.3) is 64.3 Å². The van der Waals surface area contributed by atoms with Crippen molar-refractivity contribution in [2.24, 2.45) is 0 Å². The molecule has 0 aliphatic carbocycles. The highest BCUT2D eigenvalue weighted by Crippen LogP contribution is 2.47. The number of nitrogens with zero attached hydrogens (tertiary/aromatic N) is 1. The van der Waals surface area contributed by atoms with Gasteiger partial charge in [-0.15, -0.1) is 11.3 Å². The SMILES string of the molecule is c1ccc(-c2ccc(N(c3ccc(-c4ccccc4)cc3)c3cc4c5ccccc5sc4c4cc(-c5ccccc5)ccc34)cc2)cc1. The lowest BCUT2D eigenvalue weighted by molar-refractivity contribution is 1.30. The minimum atomic E-state index is 1.12. The predicted octanol–water partition coefficient (Wildman–Crippen LogP) is 13.7. The fourth-order valence-corrected chi connectivity index (χ4v) is 8.08. The van der Waals surface area contributed by atoms with Gasteiger partial charge in [0.2, 0.25) is 0 Å². The molecule has 1 aromatic heterocycles. The summed E-state index contributed by atoms with van der Waals surface area (Å²) < 4.78 is 2.63. The second-order valence-electron chi connectivity index (χ2n) is 12.2. The summed E-state index contributed by atoms with van der Waals surface area (Å²) in [5.41, 5.74) is 10.7. The molecule has 0 spiro atoms. The highest BCUT2D eigenvalue weighted by atomic mass is 32.1. The van der Waals surface area contributed by atoms with Crippen LogP contribution in [0, 0.1) is 0 Å². The number of benzene rings is 8. The summed E-state index contributed by atoms with van der Waals surface area (Å²) in [5.74, 6) is 0. The Kier molecular flexibility index (Phi) is 7.07. The molecule has 2 heteroatoms. The van der Waals surface area contributed by atoms with E-state index in [0.29, 0.717) is 0 Å². The van der Waals surface area contributed by atoms with Gasteiger partial charge < -0.3 is 4.90 Å². The number of hydrogen-bond donors (Lipinski definition) is 0. The third kappa shape index (κ3) is 5.04. The molecule has 0 atom stereocenters. The summed E-state index contributed by atoms with van der Waals surface area (Å²) in [6.45, 7) is 0. The zero-order valence-electron chi connectivity index (χ0n) is 26.3. The third-order valence-corrected chi connectivity index (χ3v) is 10.5. The van der Waals surface area contributed by atoms with Gasteiger partial charge in [0.05, 0.1) is 5.69 Å². The summed E-state index contributed by atoms with van der Waals surface area (Å²) in [5, 5.41) is 5.09. The maximum atomic E-state index is 2.43. The van der Waals surface area contributed by atoms with Crippen LogP contribution < -0.4 is 4.90 Å². The molecule has 0 fully saturated rings. The summed E-state index contributed by atoms with van der Waals surface area (Å²) in [6.07, 6.45) is 0. The van der Waals surface area contributed by atoms with Gasteiger partial charge in [0.25, 0.3) is 0 Å². The summed E-state index contributed by atoms with van der Waals surface area (Å²) in [6, 6.07) is 68.1. The van der Waals surface area contributed by atoms with Gasteiger partial charge in [0.1, 0.15) is 0 Å². The summed E-state index contributed by atoms with van der Waals surface area (Å²) >= 11 is 1.89. The van der Waals surface area contributed by atoms with Crippen LogP contribution >= 0.6 is 11.3 Å². The van der Waals surface area contributed by atoms with E-state index in [1.165, 1.54) is 70.0 Å². The van der Waals surface area contributed by atoms with E-state index in [-0.39, 0.29) is 0 Å².